The molecule has 1 aromatic rings. The lowest BCUT2D eigenvalue weighted by Gasteiger charge is -2.37. The van der Waals surface area contributed by atoms with Crippen LogP contribution in [-0.2, 0) is 24.7 Å². The minimum Gasteiger partial charge on any atom is -0.382 e. The number of carbonyl (C=O) groups excluding carboxylic acids is 1. The average molecular weight is 437 g/mol. The van der Waals surface area contributed by atoms with Crippen molar-refractivity contribution in [1.82, 2.24) is 9.80 Å². The van der Waals surface area contributed by atoms with Gasteiger partial charge < -0.3 is 23.8 Å². The van der Waals surface area contributed by atoms with Crippen LogP contribution in [0.1, 0.15) is 15.9 Å². The summed E-state index contributed by atoms with van der Waals surface area (Å²) in [7, 11) is 0.493. The van der Waals surface area contributed by atoms with E-state index in [0.29, 0.717) is 45.1 Å². The number of nitrogens with zero attached hydrogens (tertiary/aromatic N) is 2. The Bertz CT molecular complexity index is 711. The molecule has 1 unspecified atom stereocenters. The summed E-state index contributed by atoms with van der Waals surface area (Å²) in [6.07, 6.45) is 0.868. The zero-order valence-corrected chi connectivity index (χ0v) is 19.8. The lowest BCUT2D eigenvalue weighted by atomic mass is 10.0. The van der Waals surface area contributed by atoms with E-state index in [1.807, 2.05) is 29.2 Å². The van der Waals surface area contributed by atoms with Gasteiger partial charge in [0.25, 0.3) is 5.91 Å². The zero-order chi connectivity index (χ0) is 21.6. The standard InChI is InChI=1S/C22H36N2O5Si/c1-26-22-17-28-14-12-23(11-13-27-15-16-29-18-30(2,3)4)9-10-24(22)21(25)19-7-5-6-8-20(19)22/h5-8H,9-18H2,1-4H3. The summed E-state index contributed by atoms with van der Waals surface area (Å²) in [5.74, 6) is 0.00805. The molecule has 1 fully saturated rings. The molecular weight excluding hydrogens is 400 g/mol. The molecule has 168 valence electrons. The maximum atomic E-state index is 13.0. The fraction of sp³-hybridized carbons (Fsp3) is 0.682. The van der Waals surface area contributed by atoms with Crippen LogP contribution in [-0.4, -0.2) is 96.3 Å². The molecule has 1 saturated heterocycles. The molecule has 0 spiro atoms. The Balaban J connectivity index is 1.51. The van der Waals surface area contributed by atoms with Gasteiger partial charge in [-0.25, -0.2) is 0 Å². The molecule has 8 heteroatoms. The van der Waals surface area contributed by atoms with E-state index in [1.54, 1.807) is 7.11 Å². The largest absolute Gasteiger partial charge is 0.382 e. The average Bonchev–Trinajstić information content (AvgIpc) is 3.00. The highest BCUT2D eigenvalue weighted by molar-refractivity contribution is 6.76. The predicted molar refractivity (Wildman–Crippen MR) is 118 cm³/mol. The molecule has 1 amide bonds. The number of hydrogen-bond acceptors (Lipinski definition) is 6. The van der Waals surface area contributed by atoms with Gasteiger partial charge in [-0.05, 0) is 6.07 Å². The van der Waals surface area contributed by atoms with Crippen molar-refractivity contribution in [2.45, 2.75) is 25.4 Å². The summed E-state index contributed by atoms with van der Waals surface area (Å²) in [6, 6.07) is 7.67. The van der Waals surface area contributed by atoms with Gasteiger partial charge in [0.15, 0.2) is 5.72 Å². The highest BCUT2D eigenvalue weighted by Gasteiger charge is 2.50. The van der Waals surface area contributed by atoms with Crippen molar-refractivity contribution < 1.29 is 23.7 Å². The van der Waals surface area contributed by atoms with E-state index >= 15 is 0 Å². The van der Waals surface area contributed by atoms with Crippen LogP contribution in [0.4, 0.5) is 0 Å². The third-order valence-electron chi connectivity index (χ3n) is 5.55. The summed E-state index contributed by atoms with van der Waals surface area (Å²) in [4.78, 5) is 17.1. The van der Waals surface area contributed by atoms with Crippen LogP contribution >= 0.6 is 0 Å². The molecule has 0 bridgehead atoms. The SMILES string of the molecule is COC12COCCN(CCOCCOC[Si](C)(C)C)CCN1C(=O)c1ccccc12. The first-order valence-corrected chi connectivity index (χ1v) is 14.5. The van der Waals surface area contributed by atoms with E-state index in [2.05, 4.69) is 24.5 Å². The molecule has 2 aliphatic rings. The summed E-state index contributed by atoms with van der Waals surface area (Å²) in [6.45, 7) is 12.7. The van der Waals surface area contributed by atoms with Crippen molar-refractivity contribution in [3.63, 3.8) is 0 Å². The minimum atomic E-state index is -1.16. The fourth-order valence-corrected chi connectivity index (χ4v) is 4.71. The van der Waals surface area contributed by atoms with Crippen molar-refractivity contribution in [3.8, 4) is 0 Å². The quantitative estimate of drug-likeness (QED) is 0.437. The second-order valence-electron chi connectivity index (χ2n) is 9.11. The van der Waals surface area contributed by atoms with Crippen molar-refractivity contribution >= 4 is 14.0 Å². The highest BCUT2D eigenvalue weighted by atomic mass is 28.3. The van der Waals surface area contributed by atoms with Crippen molar-refractivity contribution in [3.05, 3.63) is 35.4 Å². The maximum Gasteiger partial charge on any atom is 0.256 e. The van der Waals surface area contributed by atoms with E-state index in [-0.39, 0.29) is 5.91 Å². The molecular formula is C22H36N2O5Si. The Hall–Kier alpha value is -1.29. The smallest absolute Gasteiger partial charge is 0.256 e. The molecule has 0 aliphatic carbocycles. The third kappa shape index (κ3) is 5.49. The number of fused-ring (bicyclic) bond motifs is 3. The second-order valence-corrected chi connectivity index (χ2v) is 14.5. The summed E-state index contributed by atoms with van der Waals surface area (Å²) < 4.78 is 23.3. The number of hydrogen-bond donors (Lipinski definition) is 0. The van der Waals surface area contributed by atoms with E-state index in [4.69, 9.17) is 18.9 Å². The topological polar surface area (TPSA) is 60.5 Å². The van der Waals surface area contributed by atoms with E-state index in [9.17, 15) is 4.79 Å². The van der Waals surface area contributed by atoms with Crippen LogP contribution in [0.25, 0.3) is 0 Å². The molecule has 2 heterocycles. The van der Waals surface area contributed by atoms with Crippen LogP contribution in [0, 0.1) is 0 Å². The fourth-order valence-electron chi connectivity index (χ4n) is 3.95. The van der Waals surface area contributed by atoms with Crippen LogP contribution in [0.2, 0.25) is 19.6 Å². The number of carbonyl (C=O) groups is 1. The van der Waals surface area contributed by atoms with Crippen molar-refractivity contribution in [2.24, 2.45) is 0 Å². The Morgan fingerprint density at radius 2 is 1.83 bits per heavy atom. The summed E-state index contributed by atoms with van der Waals surface area (Å²) in [5, 5.41) is 0. The zero-order valence-electron chi connectivity index (χ0n) is 18.8. The highest BCUT2D eigenvalue weighted by Crippen LogP contribution is 2.40. The normalized spacial score (nSPS) is 22.9. The van der Waals surface area contributed by atoms with Crippen LogP contribution in [0.15, 0.2) is 24.3 Å². The Labute approximate surface area is 181 Å². The number of benzene rings is 1. The van der Waals surface area contributed by atoms with Gasteiger partial charge in [0.05, 0.1) is 41.1 Å². The predicted octanol–water partition coefficient (Wildman–Crippen LogP) is 2.18. The van der Waals surface area contributed by atoms with Gasteiger partial charge in [0, 0.05) is 50.6 Å². The van der Waals surface area contributed by atoms with E-state index < -0.39 is 13.8 Å². The lowest BCUT2D eigenvalue weighted by molar-refractivity contribution is -0.153. The van der Waals surface area contributed by atoms with Crippen molar-refractivity contribution in [2.75, 3.05) is 72.6 Å². The Morgan fingerprint density at radius 1 is 1.07 bits per heavy atom. The number of amides is 1. The second kappa shape index (κ2) is 10.3. The van der Waals surface area contributed by atoms with E-state index in [0.717, 1.165) is 31.4 Å². The molecule has 1 atom stereocenters. The van der Waals surface area contributed by atoms with Crippen LogP contribution in [0.3, 0.4) is 0 Å². The van der Waals surface area contributed by atoms with Gasteiger partial charge in [-0.2, -0.15) is 0 Å². The van der Waals surface area contributed by atoms with Gasteiger partial charge in [-0.1, -0.05) is 37.8 Å². The summed E-state index contributed by atoms with van der Waals surface area (Å²) >= 11 is 0. The molecule has 0 radical (unpaired) electrons. The summed E-state index contributed by atoms with van der Waals surface area (Å²) in [5.41, 5.74) is 0.762. The Morgan fingerprint density at radius 3 is 2.60 bits per heavy atom. The molecule has 3 rings (SSSR count). The molecule has 2 aliphatic heterocycles. The number of ether oxygens (including phenoxy) is 4. The molecule has 30 heavy (non-hydrogen) atoms. The van der Waals surface area contributed by atoms with Gasteiger partial charge in [0.2, 0.25) is 0 Å². The van der Waals surface area contributed by atoms with Crippen LogP contribution in [0.5, 0.6) is 0 Å². The molecule has 0 saturated carbocycles. The van der Waals surface area contributed by atoms with Gasteiger partial charge in [-0.15, -0.1) is 0 Å². The number of methoxy groups -OCH3 is 1. The van der Waals surface area contributed by atoms with Crippen LogP contribution < -0.4 is 0 Å². The lowest BCUT2D eigenvalue weighted by Crippen LogP contribution is -2.50. The first kappa shape index (κ1) is 23.4. The van der Waals surface area contributed by atoms with Crippen molar-refractivity contribution in [1.29, 1.82) is 0 Å². The minimum absolute atomic E-state index is 0.00805. The van der Waals surface area contributed by atoms with Gasteiger partial charge in [0.1, 0.15) is 0 Å². The molecule has 0 aromatic heterocycles. The number of rotatable bonds is 9. The molecule has 1 aromatic carbocycles. The Kier molecular flexibility index (Phi) is 8.06. The maximum absolute atomic E-state index is 13.0. The van der Waals surface area contributed by atoms with Gasteiger partial charge in [-0.3, -0.25) is 9.69 Å². The monoisotopic (exact) mass is 436 g/mol. The first-order chi connectivity index (χ1) is 14.4. The van der Waals surface area contributed by atoms with Gasteiger partial charge >= 0.3 is 0 Å². The molecule has 7 nitrogen and oxygen atoms in total. The van der Waals surface area contributed by atoms with E-state index in [1.165, 1.54) is 0 Å². The third-order valence-corrected chi connectivity index (χ3v) is 6.62. The first-order valence-electron chi connectivity index (χ1n) is 10.8. The molecule has 0 N–H and O–H groups in total.